The number of nitrogens with zero attached hydrogens (tertiary/aromatic N) is 1. The number of carbonyl (C=O) groups excluding carboxylic acids is 2. The molecule has 3 rings (SSSR count). The minimum atomic E-state index is -0.774. The Balaban J connectivity index is 1.60. The van der Waals surface area contributed by atoms with E-state index in [1.165, 1.54) is 31.4 Å². The Morgan fingerprint density at radius 3 is 2.48 bits per heavy atom. The number of methoxy groups -OCH3 is 1. The van der Waals surface area contributed by atoms with Gasteiger partial charge in [0.25, 0.3) is 11.6 Å². The van der Waals surface area contributed by atoms with Crippen LogP contribution in [-0.4, -0.2) is 30.5 Å². The van der Waals surface area contributed by atoms with Crippen molar-refractivity contribution in [1.29, 1.82) is 0 Å². The van der Waals surface area contributed by atoms with Crippen LogP contribution in [0.1, 0.15) is 15.9 Å². The van der Waals surface area contributed by atoms with Crippen LogP contribution in [-0.2, 0) is 16.1 Å². The van der Waals surface area contributed by atoms with Crippen molar-refractivity contribution >= 4 is 34.9 Å². The molecule has 9 nitrogen and oxygen atoms in total. The maximum absolute atomic E-state index is 12.4. The summed E-state index contributed by atoms with van der Waals surface area (Å²) in [6.07, 6.45) is 0. The fourth-order valence-corrected chi connectivity index (χ4v) is 2.98. The molecule has 3 aromatic carbocycles. The summed E-state index contributed by atoms with van der Waals surface area (Å²) < 4.78 is 16.0. The molecule has 0 aliphatic rings. The Bertz CT molecular complexity index is 1170. The molecule has 0 unspecified atom stereocenters. The van der Waals surface area contributed by atoms with Gasteiger partial charge in [-0.05, 0) is 35.9 Å². The molecule has 0 aliphatic heterocycles. The zero-order valence-corrected chi connectivity index (χ0v) is 18.2. The highest BCUT2D eigenvalue weighted by molar-refractivity contribution is 6.31. The number of carbonyl (C=O) groups is 2. The average Bonchev–Trinajstić information content (AvgIpc) is 2.82. The molecule has 170 valence electrons. The van der Waals surface area contributed by atoms with E-state index in [2.05, 4.69) is 5.32 Å². The van der Waals surface area contributed by atoms with Crippen molar-refractivity contribution in [3.63, 3.8) is 0 Å². The number of hydrogen-bond acceptors (Lipinski definition) is 7. The third kappa shape index (κ3) is 6.44. The second-order valence-corrected chi connectivity index (χ2v) is 7.12. The Hall–Kier alpha value is -4.11. The molecule has 0 saturated heterocycles. The van der Waals surface area contributed by atoms with Crippen molar-refractivity contribution in [3.8, 4) is 11.5 Å². The molecule has 0 heterocycles. The zero-order chi connectivity index (χ0) is 23.8. The summed E-state index contributed by atoms with van der Waals surface area (Å²) in [4.78, 5) is 34.9. The van der Waals surface area contributed by atoms with Gasteiger partial charge in [-0.1, -0.05) is 41.9 Å². The molecule has 0 spiro atoms. The molecule has 1 amide bonds. The molecule has 3 aromatic rings. The summed E-state index contributed by atoms with van der Waals surface area (Å²) in [5.74, 6) is -0.764. The smallest absolute Gasteiger partial charge is 0.338 e. The van der Waals surface area contributed by atoms with Gasteiger partial charge in [0.15, 0.2) is 18.1 Å². The van der Waals surface area contributed by atoms with Gasteiger partial charge in [0.05, 0.1) is 17.6 Å². The molecular formula is C23H19ClN2O7. The van der Waals surface area contributed by atoms with Gasteiger partial charge in [0.2, 0.25) is 0 Å². The maximum Gasteiger partial charge on any atom is 0.338 e. The number of benzene rings is 3. The number of nitro benzene ring substituents is 1. The van der Waals surface area contributed by atoms with E-state index < -0.39 is 23.4 Å². The monoisotopic (exact) mass is 470 g/mol. The Morgan fingerprint density at radius 2 is 1.79 bits per heavy atom. The topological polar surface area (TPSA) is 117 Å². The SMILES string of the molecule is COc1cc(C(=O)OCC(=O)Nc2ccc(Cl)cc2[N+](=O)[O-])ccc1OCc1ccccc1. The summed E-state index contributed by atoms with van der Waals surface area (Å²) in [6, 6.07) is 17.8. The molecule has 1 N–H and O–H groups in total. The first-order chi connectivity index (χ1) is 15.9. The first-order valence-corrected chi connectivity index (χ1v) is 10.0. The third-order valence-electron chi connectivity index (χ3n) is 4.40. The fourth-order valence-electron chi connectivity index (χ4n) is 2.81. The number of nitro groups is 1. The second kappa shape index (κ2) is 11.0. The molecule has 0 aliphatic carbocycles. The molecule has 10 heteroatoms. The number of halogens is 1. The van der Waals surface area contributed by atoms with E-state index in [1.54, 1.807) is 6.07 Å². The van der Waals surface area contributed by atoms with E-state index in [9.17, 15) is 19.7 Å². The highest BCUT2D eigenvalue weighted by Crippen LogP contribution is 2.30. The highest BCUT2D eigenvalue weighted by atomic mass is 35.5. The molecule has 0 radical (unpaired) electrons. The summed E-state index contributed by atoms with van der Waals surface area (Å²) in [5.41, 5.74) is 0.671. The van der Waals surface area contributed by atoms with E-state index in [0.29, 0.717) is 18.1 Å². The summed E-state index contributed by atoms with van der Waals surface area (Å²) in [5, 5.41) is 13.6. The van der Waals surface area contributed by atoms with Gasteiger partial charge >= 0.3 is 5.97 Å². The fraction of sp³-hybridized carbons (Fsp3) is 0.130. The number of nitrogens with one attached hydrogen (secondary N) is 1. The lowest BCUT2D eigenvalue weighted by Crippen LogP contribution is -2.21. The van der Waals surface area contributed by atoms with Gasteiger partial charge in [0.1, 0.15) is 12.3 Å². The minimum Gasteiger partial charge on any atom is -0.493 e. The Labute approximate surface area is 194 Å². The van der Waals surface area contributed by atoms with Crippen LogP contribution in [0.15, 0.2) is 66.7 Å². The third-order valence-corrected chi connectivity index (χ3v) is 4.64. The first kappa shape index (κ1) is 23.6. The lowest BCUT2D eigenvalue weighted by Gasteiger charge is -2.12. The van der Waals surface area contributed by atoms with Gasteiger partial charge in [-0.3, -0.25) is 14.9 Å². The predicted molar refractivity (Wildman–Crippen MR) is 121 cm³/mol. The van der Waals surface area contributed by atoms with Crippen molar-refractivity contribution in [2.24, 2.45) is 0 Å². The van der Waals surface area contributed by atoms with E-state index in [1.807, 2.05) is 30.3 Å². The standard InChI is InChI=1S/C23H19ClN2O7/c1-31-21-11-16(7-10-20(21)32-13-15-5-3-2-4-6-15)23(28)33-14-22(27)25-18-9-8-17(24)12-19(18)26(29)30/h2-12H,13-14H2,1H3,(H,25,27). The summed E-state index contributed by atoms with van der Waals surface area (Å²) in [6.45, 7) is -0.328. The van der Waals surface area contributed by atoms with E-state index in [-0.39, 0.29) is 22.0 Å². The van der Waals surface area contributed by atoms with Crippen LogP contribution in [0, 0.1) is 10.1 Å². The minimum absolute atomic E-state index is 0.0629. The van der Waals surface area contributed by atoms with Gasteiger partial charge in [-0.15, -0.1) is 0 Å². The normalized spacial score (nSPS) is 10.2. The largest absolute Gasteiger partial charge is 0.493 e. The van der Waals surface area contributed by atoms with Crippen molar-refractivity contribution in [3.05, 3.63) is 93.0 Å². The molecule has 0 saturated carbocycles. The molecule has 0 aromatic heterocycles. The summed E-state index contributed by atoms with van der Waals surface area (Å²) >= 11 is 5.75. The average molecular weight is 471 g/mol. The Morgan fingerprint density at radius 1 is 1.03 bits per heavy atom. The van der Waals surface area contributed by atoms with E-state index in [4.69, 9.17) is 25.8 Å². The van der Waals surface area contributed by atoms with Gasteiger partial charge in [-0.2, -0.15) is 0 Å². The molecule has 33 heavy (non-hydrogen) atoms. The van der Waals surface area contributed by atoms with E-state index >= 15 is 0 Å². The predicted octanol–water partition coefficient (Wildman–Crippen LogP) is 4.63. The van der Waals surface area contributed by atoms with Crippen molar-refractivity contribution in [2.75, 3.05) is 19.0 Å². The molecule has 0 atom stereocenters. The summed E-state index contributed by atoms with van der Waals surface area (Å²) in [7, 11) is 1.44. The quantitative estimate of drug-likeness (QED) is 0.275. The van der Waals surface area contributed by atoms with Gasteiger partial charge in [-0.25, -0.2) is 4.79 Å². The lowest BCUT2D eigenvalue weighted by atomic mass is 10.2. The Kier molecular flexibility index (Phi) is 7.82. The zero-order valence-electron chi connectivity index (χ0n) is 17.4. The maximum atomic E-state index is 12.4. The van der Waals surface area contributed by atoms with Crippen molar-refractivity contribution in [1.82, 2.24) is 0 Å². The van der Waals surface area contributed by atoms with Crippen LogP contribution in [0.2, 0.25) is 5.02 Å². The highest BCUT2D eigenvalue weighted by Gasteiger charge is 2.18. The number of hydrogen-bond donors (Lipinski definition) is 1. The van der Waals surface area contributed by atoms with Crippen LogP contribution in [0.25, 0.3) is 0 Å². The number of anilines is 1. The molecule has 0 bridgehead atoms. The van der Waals surface area contributed by atoms with Crippen molar-refractivity contribution in [2.45, 2.75) is 6.61 Å². The van der Waals surface area contributed by atoms with Gasteiger partial charge in [0, 0.05) is 11.1 Å². The van der Waals surface area contributed by atoms with Crippen LogP contribution in [0.4, 0.5) is 11.4 Å². The van der Waals surface area contributed by atoms with Crippen LogP contribution in [0.5, 0.6) is 11.5 Å². The van der Waals surface area contributed by atoms with Gasteiger partial charge < -0.3 is 19.5 Å². The second-order valence-electron chi connectivity index (χ2n) is 6.68. The lowest BCUT2D eigenvalue weighted by molar-refractivity contribution is -0.383. The molecular weight excluding hydrogens is 452 g/mol. The van der Waals surface area contributed by atoms with Crippen LogP contribution < -0.4 is 14.8 Å². The van der Waals surface area contributed by atoms with Crippen LogP contribution >= 0.6 is 11.6 Å². The molecule has 0 fully saturated rings. The number of rotatable bonds is 9. The van der Waals surface area contributed by atoms with Crippen molar-refractivity contribution < 1.29 is 28.7 Å². The number of amides is 1. The first-order valence-electron chi connectivity index (χ1n) is 9.63. The number of ether oxygens (including phenoxy) is 3. The number of esters is 1. The van der Waals surface area contributed by atoms with E-state index in [0.717, 1.165) is 11.6 Å². The van der Waals surface area contributed by atoms with Crippen LogP contribution in [0.3, 0.4) is 0 Å².